The number of carbonyl (C=O) groups is 1. The van der Waals surface area contributed by atoms with Crippen LogP contribution in [0, 0.1) is 5.92 Å². The Bertz CT molecular complexity index is 652. The van der Waals surface area contributed by atoms with E-state index < -0.39 is 0 Å². The largest absolute Gasteiger partial charge is 0.380 e. The number of hydrogen-bond donors (Lipinski definition) is 2. The summed E-state index contributed by atoms with van der Waals surface area (Å²) in [6, 6.07) is 5.58. The molecule has 0 aliphatic rings. The van der Waals surface area contributed by atoms with E-state index in [4.69, 9.17) is 15.0 Å². The minimum atomic E-state index is -0.0288. The molecule has 0 spiro atoms. The molecule has 1 amide bonds. The highest BCUT2D eigenvalue weighted by atomic mass is 16.5. The second-order valence-corrected chi connectivity index (χ2v) is 6.24. The predicted octanol–water partition coefficient (Wildman–Crippen LogP) is 2.87. The van der Waals surface area contributed by atoms with E-state index in [9.17, 15) is 4.79 Å². The third-order valence-electron chi connectivity index (χ3n) is 3.59. The molecule has 6 heteroatoms. The quantitative estimate of drug-likeness (QED) is 0.781. The van der Waals surface area contributed by atoms with Crippen molar-refractivity contribution in [1.82, 2.24) is 10.5 Å². The summed E-state index contributed by atoms with van der Waals surface area (Å²) in [6.07, 6.45) is 1.55. The van der Waals surface area contributed by atoms with Gasteiger partial charge in [0.15, 0.2) is 11.4 Å². The molecule has 1 atom stereocenters. The highest BCUT2D eigenvalue weighted by Gasteiger charge is 2.08. The highest BCUT2D eigenvalue weighted by molar-refractivity contribution is 5.87. The summed E-state index contributed by atoms with van der Waals surface area (Å²) in [7, 11) is 0. The van der Waals surface area contributed by atoms with Crippen molar-refractivity contribution in [3.63, 3.8) is 0 Å². The number of nitrogens with zero attached hydrogens (tertiary/aromatic N) is 1. The van der Waals surface area contributed by atoms with E-state index in [0.717, 1.165) is 17.4 Å². The van der Waals surface area contributed by atoms with Gasteiger partial charge in [-0.25, -0.2) is 0 Å². The topological polar surface area (TPSA) is 90.4 Å². The first-order valence-corrected chi connectivity index (χ1v) is 7.97. The zero-order valence-corrected chi connectivity index (χ0v) is 14.0. The summed E-state index contributed by atoms with van der Waals surface area (Å²) < 4.78 is 10.7. The molecule has 2 aromatic rings. The zero-order valence-electron chi connectivity index (χ0n) is 14.0. The number of nitrogens with one attached hydrogen (secondary N) is 1. The van der Waals surface area contributed by atoms with Crippen molar-refractivity contribution in [2.45, 2.75) is 46.3 Å². The Morgan fingerprint density at radius 2 is 2.17 bits per heavy atom. The Balaban J connectivity index is 1.73. The van der Waals surface area contributed by atoms with Crippen molar-refractivity contribution >= 4 is 22.7 Å². The van der Waals surface area contributed by atoms with Gasteiger partial charge in [-0.3, -0.25) is 4.79 Å². The molecule has 3 N–H and O–H groups in total. The fourth-order valence-electron chi connectivity index (χ4n) is 2.49. The second kappa shape index (κ2) is 7.97. The molecular formula is C17H25N3O3. The van der Waals surface area contributed by atoms with Crippen LogP contribution in [0.15, 0.2) is 22.7 Å². The number of fused-ring (bicyclic) bond motifs is 1. The molecule has 0 aliphatic carbocycles. The summed E-state index contributed by atoms with van der Waals surface area (Å²) in [6.45, 7) is 7.24. The monoisotopic (exact) mass is 319 g/mol. The molecular weight excluding hydrogens is 294 g/mol. The molecule has 0 radical (unpaired) electrons. The molecule has 1 aromatic heterocycles. The fourth-order valence-corrected chi connectivity index (χ4v) is 2.49. The molecule has 1 aromatic carbocycles. The normalized spacial score (nSPS) is 12.7. The molecule has 6 nitrogen and oxygen atoms in total. The van der Waals surface area contributed by atoms with Crippen molar-refractivity contribution in [2.24, 2.45) is 5.92 Å². The molecule has 2 rings (SSSR count). The van der Waals surface area contributed by atoms with Crippen LogP contribution in [0.25, 0.3) is 11.0 Å². The molecule has 126 valence electrons. The maximum absolute atomic E-state index is 11.8. The van der Waals surface area contributed by atoms with Crippen LogP contribution in [0.4, 0.5) is 5.82 Å². The van der Waals surface area contributed by atoms with Crippen LogP contribution < -0.4 is 11.1 Å². The summed E-state index contributed by atoms with van der Waals surface area (Å²) in [4.78, 5) is 11.8. The maximum Gasteiger partial charge on any atom is 0.222 e. The van der Waals surface area contributed by atoms with E-state index in [1.165, 1.54) is 0 Å². The number of amides is 1. The first-order valence-electron chi connectivity index (χ1n) is 7.97. The van der Waals surface area contributed by atoms with E-state index in [1.54, 1.807) is 0 Å². The van der Waals surface area contributed by atoms with Gasteiger partial charge < -0.3 is 20.3 Å². The Kier molecular flexibility index (Phi) is 5.98. The number of ether oxygens (including phenoxy) is 1. The summed E-state index contributed by atoms with van der Waals surface area (Å²) >= 11 is 0. The highest BCUT2D eigenvalue weighted by Crippen LogP contribution is 2.21. The number of hydrogen-bond acceptors (Lipinski definition) is 5. The lowest BCUT2D eigenvalue weighted by Gasteiger charge is -2.14. The lowest BCUT2D eigenvalue weighted by atomic mass is 10.1. The Morgan fingerprint density at radius 1 is 1.39 bits per heavy atom. The molecule has 0 unspecified atom stereocenters. The van der Waals surface area contributed by atoms with Crippen LogP contribution >= 0.6 is 0 Å². The lowest BCUT2D eigenvalue weighted by Crippen LogP contribution is -2.25. The summed E-state index contributed by atoms with van der Waals surface area (Å²) in [5.41, 5.74) is 7.24. The third-order valence-corrected chi connectivity index (χ3v) is 3.59. The van der Waals surface area contributed by atoms with Gasteiger partial charge in [0.25, 0.3) is 0 Å². The number of anilines is 1. The van der Waals surface area contributed by atoms with Gasteiger partial charge in [0.05, 0.1) is 18.1 Å². The lowest BCUT2D eigenvalue weighted by molar-refractivity contribution is -0.122. The van der Waals surface area contributed by atoms with Gasteiger partial charge in [-0.1, -0.05) is 25.1 Å². The van der Waals surface area contributed by atoms with E-state index in [2.05, 4.69) is 24.3 Å². The van der Waals surface area contributed by atoms with Gasteiger partial charge >= 0.3 is 0 Å². The van der Waals surface area contributed by atoms with Gasteiger partial charge in [-0.2, -0.15) is 0 Å². The number of carbonyl (C=O) groups excluding carboxylic acids is 1. The van der Waals surface area contributed by atoms with Crippen molar-refractivity contribution < 1.29 is 14.1 Å². The van der Waals surface area contributed by atoms with Crippen molar-refractivity contribution in [3.8, 4) is 0 Å². The standard InChI is InChI=1S/C17H25N3O3/c1-11(2)8-12(3)22-7-6-16(21)19-10-13-4-5-14-15(9-13)23-20-17(14)18/h4-5,9,11-12H,6-8,10H2,1-3H3,(H2,18,20)(H,19,21)/t12-/m0/s1. The Labute approximate surface area is 136 Å². The van der Waals surface area contributed by atoms with Crippen LogP contribution in [0.2, 0.25) is 0 Å². The maximum atomic E-state index is 11.8. The van der Waals surface area contributed by atoms with E-state index >= 15 is 0 Å². The third kappa shape index (κ3) is 5.25. The van der Waals surface area contributed by atoms with Crippen LogP contribution in [0.3, 0.4) is 0 Å². The molecule has 1 heterocycles. The van der Waals surface area contributed by atoms with Crippen molar-refractivity contribution in [2.75, 3.05) is 12.3 Å². The number of benzene rings is 1. The van der Waals surface area contributed by atoms with Crippen molar-refractivity contribution in [3.05, 3.63) is 23.8 Å². The van der Waals surface area contributed by atoms with Crippen LogP contribution in [-0.4, -0.2) is 23.8 Å². The Hall–Kier alpha value is -2.08. The molecule has 0 saturated heterocycles. The van der Waals surface area contributed by atoms with Gasteiger partial charge in [0, 0.05) is 13.0 Å². The molecule has 0 aliphatic heterocycles. The number of nitrogen functional groups attached to an aromatic ring is 1. The minimum absolute atomic E-state index is 0.0288. The van der Waals surface area contributed by atoms with Crippen LogP contribution in [0.1, 0.15) is 39.2 Å². The minimum Gasteiger partial charge on any atom is -0.380 e. The molecule has 0 saturated carbocycles. The zero-order chi connectivity index (χ0) is 16.8. The first kappa shape index (κ1) is 17.3. The number of nitrogens with two attached hydrogens (primary N) is 1. The van der Waals surface area contributed by atoms with Gasteiger partial charge in [0.1, 0.15) is 0 Å². The molecule has 23 heavy (non-hydrogen) atoms. The smallest absolute Gasteiger partial charge is 0.222 e. The Morgan fingerprint density at radius 3 is 2.91 bits per heavy atom. The van der Waals surface area contributed by atoms with E-state index in [1.807, 2.05) is 25.1 Å². The number of aromatic nitrogens is 1. The molecule has 0 fully saturated rings. The van der Waals surface area contributed by atoms with Crippen LogP contribution in [0.5, 0.6) is 0 Å². The fraction of sp³-hybridized carbons (Fsp3) is 0.529. The molecule has 0 bridgehead atoms. The summed E-state index contributed by atoms with van der Waals surface area (Å²) in [5.74, 6) is 0.945. The van der Waals surface area contributed by atoms with Crippen LogP contribution in [-0.2, 0) is 16.1 Å². The van der Waals surface area contributed by atoms with Gasteiger partial charge in [-0.05, 0) is 37.0 Å². The average Bonchev–Trinajstić information content (AvgIpc) is 2.85. The predicted molar refractivity (Wildman–Crippen MR) is 89.8 cm³/mol. The van der Waals surface area contributed by atoms with E-state index in [-0.39, 0.29) is 12.0 Å². The second-order valence-electron chi connectivity index (χ2n) is 6.24. The first-order chi connectivity index (χ1) is 11.0. The van der Waals surface area contributed by atoms with E-state index in [0.29, 0.717) is 36.9 Å². The van der Waals surface area contributed by atoms with Crippen molar-refractivity contribution in [1.29, 1.82) is 0 Å². The van der Waals surface area contributed by atoms with Gasteiger partial charge in [-0.15, -0.1) is 0 Å². The van der Waals surface area contributed by atoms with Gasteiger partial charge in [0.2, 0.25) is 5.91 Å². The SMILES string of the molecule is CC(C)C[C@H](C)OCCC(=O)NCc1ccc2c(N)noc2c1. The average molecular weight is 319 g/mol. The summed E-state index contributed by atoms with van der Waals surface area (Å²) in [5, 5.41) is 7.37. The number of rotatable bonds is 8.